The van der Waals surface area contributed by atoms with Gasteiger partial charge < -0.3 is 24.1 Å². The van der Waals surface area contributed by atoms with Crippen LogP contribution in [-0.4, -0.2) is 42.0 Å². The van der Waals surface area contributed by atoms with E-state index >= 15 is 0 Å². The molecule has 0 unspecified atom stereocenters. The van der Waals surface area contributed by atoms with Crippen LogP contribution in [0.4, 0.5) is 5.69 Å². The summed E-state index contributed by atoms with van der Waals surface area (Å²) in [6.07, 6.45) is 3.50. The molecule has 2 N–H and O–H groups in total. The highest BCUT2D eigenvalue weighted by Crippen LogP contribution is 2.40. The van der Waals surface area contributed by atoms with Crippen molar-refractivity contribution in [1.82, 2.24) is 0 Å². The molecule has 3 rings (SSSR count). The topological polar surface area (TPSA) is 103 Å². The number of hydrogen-bond donors (Lipinski definition) is 2. The summed E-state index contributed by atoms with van der Waals surface area (Å²) in [4.78, 5) is -0.00589. The van der Waals surface area contributed by atoms with Crippen molar-refractivity contribution in [3.05, 3.63) is 64.7 Å². The molecular formula is C24H24ClNO7S. The lowest BCUT2D eigenvalue weighted by Crippen LogP contribution is -2.13. The van der Waals surface area contributed by atoms with E-state index in [1.54, 1.807) is 30.4 Å². The summed E-state index contributed by atoms with van der Waals surface area (Å²) in [6, 6.07) is 12.3. The van der Waals surface area contributed by atoms with Gasteiger partial charge in [0.25, 0.3) is 10.0 Å². The molecule has 0 bridgehead atoms. The number of phenolic OH excluding ortho intramolecular Hbond substituents is 1. The maximum Gasteiger partial charge on any atom is 0.262 e. The first-order valence-corrected chi connectivity index (χ1v) is 11.8. The van der Waals surface area contributed by atoms with Crippen LogP contribution in [0.25, 0.3) is 12.2 Å². The Labute approximate surface area is 203 Å². The number of hydrogen-bond acceptors (Lipinski definition) is 7. The number of anilines is 1. The Morgan fingerprint density at radius 2 is 1.29 bits per heavy atom. The summed E-state index contributed by atoms with van der Waals surface area (Å²) in [7, 11) is 1.96. The summed E-state index contributed by atoms with van der Waals surface area (Å²) in [6.45, 7) is 0. The summed E-state index contributed by atoms with van der Waals surface area (Å²) in [5.74, 6) is 1.19. The van der Waals surface area contributed by atoms with E-state index in [0.717, 1.165) is 5.56 Å². The lowest BCUT2D eigenvalue weighted by molar-refractivity contribution is 0.324. The highest BCUT2D eigenvalue weighted by Gasteiger charge is 2.19. The molecule has 0 aromatic heterocycles. The molecule has 0 saturated carbocycles. The lowest BCUT2D eigenvalue weighted by Gasteiger charge is -2.14. The molecular weight excluding hydrogens is 482 g/mol. The van der Waals surface area contributed by atoms with Crippen LogP contribution in [0.3, 0.4) is 0 Å². The van der Waals surface area contributed by atoms with Crippen molar-refractivity contribution in [2.75, 3.05) is 33.2 Å². The van der Waals surface area contributed by atoms with Crippen molar-refractivity contribution < 1.29 is 32.5 Å². The number of benzene rings is 3. The number of halogens is 1. The van der Waals surface area contributed by atoms with E-state index in [1.165, 1.54) is 58.8 Å². The molecule has 180 valence electrons. The minimum absolute atomic E-state index is 0.00589. The monoisotopic (exact) mass is 505 g/mol. The molecule has 0 spiro atoms. The quantitative estimate of drug-likeness (QED) is 0.310. The number of aromatic hydroxyl groups is 1. The largest absolute Gasteiger partial charge is 0.503 e. The molecule has 0 heterocycles. The molecule has 0 radical (unpaired) electrons. The Morgan fingerprint density at radius 1 is 0.794 bits per heavy atom. The first kappa shape index (κ1) is 25.1. The maximum absolute atomic E-state index is 12.8. The molecule has 0 aliphatic rings. The molecule has 0 fully saturated rings. The Balaban J connectivity index is 1.99. The van der Waals surface area contributed by atoms with Gasteiger partial charge in [-0.05, 0) is 59.7 Å². The molecule has 34 heavy (non-hydrogen) atoms. The summed E-state index contributed by atoms with van der Waals surface area (Å²) >= 11 is 5.85. The minimum Gasteiger partial charge on any atom is -0.503 e. The number of ether oxygens (including phenoxy) is 4. The van der Waals surface area contributed by atoms with Crippen molar-refractivity contribution in [3.63, 3.8) is 0 Å². The van der Waals surface area contributed by atoms with E-state index in [4.69, 9.17) is 30.5 Å². The second-order valence-electron chi connectivity index (χ2n) is 6.97. The van der Waals surface area contributed by atoms with Gasteiger partial charge in [0.15, 0.2) is 23.0 Å². The maximum atomic E-state index is 12.8. The van der Waals surface area contributed by atoms with E-state index in [1.807, 2.05) is 0 Å². The fourth-order valence-corrected chi connectivity index (χ4v) is 4.35. The van der Waals surface area contributed by atoms with Gasteiger partial charge >= 0.3 is 0 Å². The third kappa shape index (κ3) is 5.49. The Morgan fingerprint density at radius 3 is 1.79 bits per heavy atom. The van der Waals surface area contributed by atoms with Crippen LogP contribution in [0.1, 0.15) is 11.1 Å². The van der Waals surface area contributed by atoms with Gasteiger partial charge in [0, 0.05) is 5.02 Å². The number of phenols is 1. The van der Waals surface area contributed by atoms with Gasteiger partial charge in [-0.2, -0.15) is 0 Å². The van der Waals surface area contributed by atoms with Crippen molar-refractivity contribution in [3.8, 4) is 28.7 Å². The molecule has 0 atom stereocenters. The number of methoxy groups -OCH3 is 4. The van der Waals surface area contributed by atoms with Crippen LogP contribution < -0.4 is 23.7 Å². The summed E-state index contributed by atoms with van der Waals surface area (Å²) in [5.41, 5.74) is 1.26. The first-order chi connectivity index (χ1) is 16.2. The normalized spacial score (nSPS) is 11.3. The van der Waals surface area contributed by atoms with Crippen molar-refractivity contribution in [2.24, 2.45) is 0 Å². The van der Waals surface area contributed by atoms with E-state index in [-0.39, 0.29) is 22.1 Å². The van der Waals surface area contributed by atoms with Gasteiger partial charge in [0.05, 0.1) is 39.0 Å². The molecule has 3 aromatic rings. The van der Waals surface area contributed by atoms with Crippen LogP contribution in [-0.2, 0) is 10.0 Å². The Hall–Kier alpha value is -3.56. The highest BCUT2D eigenvalue weighted by molar-refractivity contribution is 7.92. The zero-order valence-electron chi connectivity index (χ0n) is 19.0. The van der Waals surface area contributed by atoms with Crippen LogP contribution in [0, 0.1) is 0 Å². The highest BCUT2D eigenvalue weighted by atomic mass is 35.5. The van der Waals surface area contributed by atoms with Crippen LogP contribution in [0.2, 0.25) is 5.02 Å². The number of nitrogens with one attached hydrogen (secondary N) is 1. The standard InChI is InChI=1S/C24H24ClNO7S/c1-30-20-12-15(5-6-16-13-21(31-2)24(33-4)22(14-16)32-3)11-19(23(20)27)26-34(28,29)18-9-7-17(25)8-10-18/h5-14,26-27H,1-4H3. The van der Waals surface area contributed by atoms with E-state index < -0.39 is 10.0 Å². The lowest BCUT2D eigenvalue weighted by atomic mass is 10.1. The number of rotatable bonds is 9. The third-order valence-corrected chi connectivity index (χ3v) is 6.47. The molecule has 10 heteroatoms. The molecule has 0 aliphatic heterocycles. The zero-order valence-corrected chi connectivity index (χ0v) is 20.5. The van der Waals surface area contributed by atoms with Crippen LogP contribution >= 0.6 is 11.6 Å². The van der Waals surface area contributed by atoms with Crippen LogP contribution in [0.15, 0.2) is 53.4 Å². The number of sulfonamides is 1. The predicted molar refractivity (Wildman–Crippen MR) is 132 cm³/mol. The minimum atomic E-state index is -3.98. The molecule has 0 saturated heterocycles. The second-order valence-corrected chi connectivity index (χ2v) is 9.09. The summed E-state index contributed by atoms with van der Waals surface area (Å²) < 4.78 is 49.3. The second kappa shape index (κ2) is 10.6. The SMILES string of the molecule is COc1cc(C=Cc2cc(OC)c(OC)c(OC)c2)cc(NS(=O)(=O)c2ccc(Cl)cc2)c1O. The van der Waals surface area contributed by atoms with Gasteiger partial charge in [-0.1, -0.05) is 23.8 Å². The van der Waals surface area contributed by atoms with Crippen molar-refractivity contribution in [2.45, 2.75) is 4.90 Å². The molecule has 3 aromatic carbocycles. The van der Waals surface area contributed by atoms with E-state index in [2.05, 4.69) is 4.72 Å². The smallest absolute Gasteiger partial charge is 0.262 e. The fraction of sp³-hybridized carbons (Fsp3) is 0.167. The predicted octanol–water partition coefficient (Wildman–Crippen LogP) is 5.05. The molecule has 0 amide bonds. The van der Waals surface area contributed by atoms with Gasteiger partial charge in [0.2, 0.25) is 5.75 Å². The molecule has 8 nitrogen and oxygen atoms in total. The van der Waals surface area contributed by atoms with Crippen LogP contribution in [0.5, 0.6) is 28.7 Å². The Kier molecular flexibility index (Phi) is 7.80. The average molecular weight is 506 g/mol. The first-order valence-electron chi connectivity index (χ1n) is 9.90. The van der Waals surface area contributed by atoms with Crippen molar-refractivity contribution in [1.29, 1.82) is 0 Å². The zero-order chi connectivity index (χ0) is 24.9. The third-order valence-electron chi connectivity index (χ3n) is 4.84. The van der Waals surface area contributed by atoms with Gasteiger partial charge in [0.1, 0.15) is 0 Å². The Bertz CT molecular complexity index is 1280. The van der Waals surface area contributed by atoms with Crippen molar-refractivity contribution >= 4 is 39.5 Å². The van der Waals surface area contributed by atoms with Gasteiger partial charge in [-0.15, -0.1) is 0 Å². The van der Waals surface area contributed by atoms with E-state index in [0.29, 0.717) is 27.8 Å². The fourth-order valence-electron chi connectivity index (χ4n) is 3.17. The van der Waals surface area contributed by atoms with Gasteiger partial charge in [-0.3, -0.25) is 4.72 Å². The van der Waals surface area contributed by atoms with Gasteiger partial charge in [-0.25, -0.2) is 8.42 Å². The summed E-state index contributed by atoms with van der Waals surface area (Å²) in [5, 5.41) is 10.9. The molecule has 0 aliphatic carbocycles. The van der Waals surface area contributed by atoms with E-state index in [9.17, 15) is 13.5 Å². The average Bonchev–Trinajstić information content (AvgIpc) is 2.83.